The largest absolute Gasteiger partial charge is 0.444 e. The summed E-state index contributed by atoms with van der Waals surface area (Å²) in [5.74, 6) is -0.261. The molecule has 2 heterocycles. The van der Waals surface area contributed by atoms with Gasteiger partial charge in [0.15, 0.2) is 10.4 Å². The van der Waals surface area contributed by atoms with E-state index < -0.39 is 0 Å². The SMILES string of the molecule is CCCCN1CCC(NC(=O)c2cccc(NC(=O)c3ccc(Br)o3)c2)CC1. The van der Waals surface area contributed by atoms with Crippen LogP contribution in [-0.2, 0) is 0 Å². The highest BCUT2D eigenvalue weighted by atomic mass is 79.9. The number of carbonyl (C=O) groups is 2. The Morgan fingerprint density at radius 2 is 1.96 bits per heavy atom. The second-order valence-corrected chi connectivity index (χ2v) is 7.86. The zero-order valence-electron chi connectivity index (χ0n) is 16.0. The second kappa shape index (κ2) is 9.89. The number of likely N-dealkylation sites (tertiary alicyclic amines) is 1. The van der Waals surface area contributed by atoms with Gasteiger partial charge in [-0.25, -0.2) is 0 Å². The van der Waals surface area contributed by atoms with Crippen LogP contribution < -0.4 is 10.6 Å². The number of halogens is 1. The number of hydrogen-bond acceptors (Lipinski definition) is 4. The molecule has 28 heavy (non-hydrogen) atoms. The fourth-order valence-electron chi connectivity index (χ4n) is 3.32. The van der Waals surface area contributed by atoms with Crippen molar-refractivity contribution in [1.82, 2.24) is 10.2 Å². The van der Waals surface area contributed by atoms with Gasteiger partial charge in [-0.15, -0.1) is 0 Å². The third kappa shape index (κ3) is 5.69. The summed E-state index contributed by atoms with van der Waals surface area (Å²) in [6.07, 6.45) is 4.38. The Labute approximate surface area is 173 Å². The maximum atomic E-state index is 12.6. The van der Waals surface area contributed by atoms with Gasteiger partial charge in [0.1, 0.15) is 0 Å². The number of hydrogen-bond donors (Lipinski definition) is 2. The molecule has 0 saturated carbocycles. The first-order valence-electron chi connectivity index (χ1n) is 9.75. The molecule has 150 valence electrons. The number of rotatable bonds is 7. The summed E-state index contributed by atoms with van der Waals surface area (Å²) in [6, 6.07) is 10.4. The Hall–Kier alpha value is -2.12. The monoisotopic (exact) mass is 447 g/mol. The third-order valence-corrected chi connectivity index (χ3v) is 5.36. The van der Waals surface area contributed by atoms with Crippen molar-refractivity contribution in [3.8, 4) is 0 Å². The maximum absolute atomic E-state index is 12.6. The Morgan fingerprint density at radius 3 is 2.64 bits per heavy atom. The topological polar surface area (TPSA) is 74.6 Å². The molecule has 7 heteroatoms. The van der Waals surface area contributed by atoms with E-state index in [1.807, 2.05) is 0 Å². The highest BCUT2D eigenvalue weighted by Gasteiger charge is 2.21. The summed E-state index contributed by atoms with van der Waals surface area (Å²) in [6.45, 7) is 5.40. The molecule has 3 rings (SSSR count). The lowest BCUT2D eigenvalue weighted by atomic mass is 10.0. The Bertz CT molecular complexity index is 813. The lowest BCUT2D eigenvalue weighted by molar-refractivity contribution is 0.0909. The number of benzene rings is 1. The fourth-order valence-corrected chi connectivity index (χ4v) is 3.63. The van der Waals surface area contributed by atoms with Crippen molar-refractivity contribution < 1.29 is 14.0 Å². The number of amides is 2. The van der Waals surface area contributed by atoms with E-state index >= 15 is 0 Å². The first kappa shape index (κ1) is 20.6. The van der Waals surface area contributed by atoms with Crippen molar-refractivity contribution in [3.05, 3.63) is 52.4 Å². The molecule has 2 aromatic rings. The molecular weight excluding hydrogens is 422 g/mol. The number of nitrogens with zero attached hydrogens (tertiary/aromatic N) is 1. The van der Waals surface area contributed by atoms with E-state index in [9.17, 15) is 9.59 Å². The number of carbonyl (C=O) groups excluding carboxylic acids is 2. The Balaban J connectivity index is 1.53. The first-order chi connectivity index (χ1) is 13.5. The molecule has 1 aliphatic heterocycles. The molecule has 0 bridgehead atoms. The number of anilines is 1. The molecule has 1 saturated heterocycles. The van der Waals surface area contributed by atoms with Crippen molar-refractivity contribution in [2.75, 3.05) is 25.0 Å². The van der Waals surface area contributed by atoms with E-state index in [-0.39, 0.29) is 23.6 Å². The summed E-state index contributed by atoms with van der Waals surface area (Å²) >= 11 is 3.18. The minimum atomic E-state index is -0.359. The van der Waals surface area contributed by atoms with Crippen molar-refractivity contribution in [3.63, 3.8) is 0 Å². The molecule has 1 fully saturated rings. The van der Waals surface area contributed by atoms with Crippen LogP contribution in [0.3, 0.4) is 0 Å². The van der Waals surface area contributed by atoms with E-state index in [2.05, 4.69) is 38.4 Å². The van der Waals surface area contributed by atoms with Gasteiger partial charge in [0.25, 0.3) is 11.8 Å². The predicted octanol–water partition coefficient (Wildman–Crippen LogP) is 4.29. The lowest BCUT2D eigenvalue weighted by Crippen LogP contribution is -2.44. The van der Waals surface area contributed by atoms with Gasteiger partial charge >= 0.3 is 0 Å². The first-order valence-corrected chi connectivity index (χ1v) is 10.5. The number of piperidine rings is 1. The zero-order chi connectivity index (χ0) is 19.9. The minimum Gasteiger partial charge on any atom is -0.444 e. The van der Waals surface area contributed by atoms with Crippen molar-refractivity contribution >= 4 is 33.4 Å². The van der Waals surface area contributed by atoms with Crippen LogP contribution in [0.25, 0.3) is 0 Å². The average Bonchev–Trinajstić information content (AvgIpc) is 3.14. The van der Waals surface area contributed by atoms with Gasteiger partial charge in [0.2, 0.25) is 0 Å². The molecule has 0 atom stereocenters. The van der Waals surface area contributed by atoms with Crippen molar-refractivity contribution in [2.45, 2.75) is 38.6 Å². The van der Waals surface area contributed by atoms with Gasteiger partial charge in [0.05, 0.1) is 0 Å². The average molecular weight is 448 g/mol. The van der Waals surface area contributed by atoms with E-state index in [1.165, 1.54) is 12.8 Å². The highest BCUT2D eigenvalue weighted by molar-refractivity contribution is 9.10. The van der Waals surface area contributed by atoms with Crippen LogP contribution in [0.15, 0.2) is 45.5 Å². The quantitative estimate of drug-likeness (QED) is 0.663. The van der Waals surface area contributed by atoms with E-state index in [1.54, 1.807) is 36.4 Å². The van der Waals surface area contributed by atoms with Crippen LogP contribution in [0.4, 0.5) is 5.69 Å². The Morgan fingerprint density at radius 1 is 1.18 bits per heavy atom. The van der Waals surface area contributed by atoms with Crippen LogP contribution in [0.1, 0.15) is 53.5 Å². The van der Waals surface area contributed by atoms with Crippen LogP contribution in [0, 0.1) is 0 Å². The zero-order valence-corrected chi connectivity index (χ0v) is 17.6. The van der Waals surface area contributed by atoms with Gasteiger partial charge in [-0.3, -0.25) is 9.59 Å². The third-order valence-electron chi connectivity index (χ3n) is 4.93. The van der Waals surface area contributed by atoms with Gasteiger partial charge in [0, 0.05) is 30.4 Å². The van der Waals surface area contributed by atoms with Crippen molar-refractivity contribution in [2.24, 2.45) is 0 Å². The molecule has 2 N–H and O–H groups in total. The molecule has 0 radical (unpaired) electrons. The molecule has 6 nitrogen and oxygen atoms in total. The molecule has 2 amide bonds. The molecule has 1 aromatic carbocycles. The van der Waals surface area contributed by atoms with Crippen molar-refractivity contribution in [1.29, 1.82) is 0 Å². The highest BCUT2D eigenvalue weighted by Crippen LogP contribution is 2.17. The lowest BCUT2D eigenvalue weighted by Gasteiger charge is -2.32. The van der Waals surface area contributed by atoms with Gasteiger partial charge in [-0.2, -0.15) is 0 Å². The standard InChI is InChI=1S/C21H26BrN3O3/c1-2-3-11-25-12-9-16(10-13-25)23-20(26)15-5-4-6-17(14-15)24-21(27)18-7-8-19(22)28-18/h4-8,14,16H,2-3,9-13H2,1H3,(H,23,26)(H,24,27). The fraction of sp³-hybridized carbons (Fsp3) is 0.429. The number of nitrogens with one attached hydrogen (secondary N) is 2. The summed E-state index contributed by atoms with van der Waals surface area (Å²) in [5, 5.41) is 5.88. The summed E-state index contributed by atoms with van der Waals surface area (Å²) in [4.78, 5) is 27.3. The predicted molar refractivity (Wildman–Crippen MR) is 113 cm³/mol. The minimum absolute atomic E-state index is 0.108. The van der Waals surface area contributed by atoms with E-state index in [0.717, 1.165) is 32.5 Å². The van der Waals surface area contributed by atoms with E-state index in [0.29, 0.717) is 15.9 Å². The van der Waals surface area contributed by atoms with Crippen LogP contribution >= 0.6 is 15.9 Å². The second-order valence-electron chi connectivity index (χ2n) is 7.08. The molecule has 0 unspecified atom stereocenters. The maximum Gasteiger partial charge on any atom is 0.291 e. The molecule has 0 spiro atoms. The van der Waals surface area contributed by atoms with E-state index in [4.69, 9.17) is 4.42 Å². The smallest absolute Gasteiger partial charge is 0.291 e. The Kier molecular flexibility index (Phi) is 7.28. The van der Waals surface area contributed by atoms with Gasteiger partial charge < -0.3 is 20.0 Å². The molecular formula is C21H26BrN3O3. The molecule has 1 aromatic heterocycles. The van der Waals surface area contributed by atoms with Gasteiger partial charge in [-0.05, 0) is 72.1 Å². The van der Waals surface area contributed by atoms with Gasteiger partial charge in [-0.1, -0.05) is 19.4 Å². The van der Waals surface area contributed by atoms with Crippen LogP contribution in [0.2, 0.25) is 0 Å². The van der Waals surface area contributed by atoms with Crippen LogP contribution in [0.5, 0.6) is 0 Å². The number of unbranched alkanes of at least 4 members (excludes halogenated alkanes) is 1. The molecule has 1 aliphatic rings. The van der Waals surface area contributed by atoms with Crippen LogP contribution in [-0.4, -0.2) is 42.4 Å². The molecule has 0 aliphatic carbocycles. The summed E-state index contributed by atoms with van der Waals surface area (Å²) in [7, 11) is 0. The summed E-state index contributed by atoms with van der Waals surface area (Å²) in [5.41, 5.74) is 1.09. The normalized spacial score (nSPS) is 15.4. The summed E-state index contributed by atoms with van der Waals surface area (Å²) < 4.78 is 5.74. The number of furan rings is 1.